The van der Waals surface area contributed by atoms with Gasteiger partial charge >= 0.3 is 6.61 Å². The predicted molar refractivity (Wildman–Crippen MR) is 98.1 cm³/mol. The first kappa shape index (κ1) is 22.6. The summed E-state index contributed by atoms with van der Waals surface area (Å²) in [6.07, 6.45) is 2.87. The summed E-state index contributed by atoms with van der Waals surface area (Å²) >= 11 is 0. The highest BCUT2D eigenvalue weighted by Crippen LogP contribution is 2.28. The van der Waals surface area contributed by atoms with E-state index in [-0.39, 0.29) is 29.5 Å². The highest BCUT2D eigenvalue weighted by atomic mass is 35.5. The van der Waals surface area contributed by atoms with Gasteiger partial charge in [0.05, 0.1) is 6.61 Å². The average Bonchev–Trinajstić information content (AvgIpc) is 2.60. The zero-order valence-electron chi connectivity index (χ0n) is 14.9. The molecule has 0 saturated carbocycles. The smallest absolute Gasteiger partial charge is 0.387 e. The average molecular weight is 393 g/mol. The van der Waals surface area contributed by atoms with Gasteiger partial charge in [-0.05, 0) is 50.0 Å². The zero-order valence-corrected chi connectivity index (χ0v) is 15.7. The summed E-state index contributed by atoms with van der Waals surface area (Å²) in [5, 5.41) is 6.34. The van der Waals surface area contributed by atoms with E-state index in [1.165, 1.54) is 12.1 Å². The molecule has 1 saturated heterocycles. The minimum Gasteiger partial charge on any atom is -0.435 e. The van der Waals surface area contributed by atoms with E-state index in [1.54, 1.807) is 19.2 Å². The second kappa shape index (κ2) is 11.3. The Hall–Kier alpha value is -1.44. The fourth-order valence-corrected chi connectivity index (χ4v) is 3.11. The van der Waals surface area contributed by atoms with Gasteiger partial charge < -0.3 is 20.1 Å². The van der Waals surface area contributed by atoms with Crippen molar-refractivity contribution in [3.8, 4) is 5.75 Å². The second-order valence-corrected chi connectivity index (χ2v) is 6.48. The van der Waals surface area contributed by atoms with Gasteiger partial charge in [-0.2, -0.15) is 8.78 Å². The van der Waals surface area contributed by atoms with Gasteiger partial charge in [0.25, 0.3) is 0 Å². The number of halogens is 3. The molecular formula is C18H27ClF2N2O3. The summed E-state index contributed by atoms with van der Waals surface area (Å²) < 4.78 is 33.9. The van der Waals surface area contributed by atoms with Crippen molar-refractivity contribution in [1.29, 1.82) is 0 Å². The number of hydrogen-bond donors (Lipinski definition) is 2. The molecule has 1 aromatic rings. The van der Waals surface area contributed by atoms with Crippen molar-refractivity contribution in [3.63, 3.8) is 0 Å². The molecule has 1 aliphatic heterocycles. The number of benzene rings is 1. The molecule has 148 valence electrons. The first-order valence-electron chi connectivity index (χ1n) is 8.53. The van der Waals surface area contributed by atoms with E-state index >= 15 is 0 Å². The summed E-state index contributed by atoms with van der Waals surface area (Å²) in [6, 6.07) is 6.37. The SMILES string of the molecule is COCC1(CNC(=O)CCc2ccc(OC(F)F)cc2)CCNCC1.Cl. The number of alkyl halides is 2. The van der Waals surface area contributed by atoms with Crippen LogP contribution < -0.4 is 15.4 Å². The maximum atomic E-state index is 12.1. The molecule has 0 aliphatic carbocycles. The van der Waals surface area contributed by atoms with Crippen molar-refractivity contribution >= 4 is 18.3 Å². The van der Waals surface area contributed by atoms with Gasteiger partial charge in [-0.3, -0.25) is 4.79 Å². The molecule has 1 heterocycles. The number of ether oxygens (including phenoxy) is 2. The summed E-state index contributed by atoms with van der Waals surface area (Å²) in [5.41, 5.74) is 0.912. The molecular weight excluding hydrogens is 366 g/mol. The monoisotopic (exact) mass is 392 g/mol. The van der Waals surface area contributed by atoms with Crippen LogP contribution in [0.4, 0.5) is 8.78 Å². The Morgan fingerprint density at radius 1 is 1.27 bits per heavy atom. The summed E-state index contributed by atoms with van der Waals surface area (Å²) in [7, 11) is 1.69. The van der Waals surface area contributed by atoms with E-state index in [1.807, 2.05) is 0 Å². The van der Waals surface area contributed by atoms with Crippen LogP contribution in [0.2, 0.25) is 0 Å². The van der Waals surface area contributed by atoms with Crippen LogP contribution in [0.1, 0.15) is 24.8 Å². The molecule has 1 fully saturated rings. The number of rotatable bonds is 9. The normalized spacial score (nSPS) is 16.0. The fraction of sp³-hybridized carbons (Fsp3) is 0.611. The Labute approximate surface area is 159 Å². The van der Waals surface area contributed by atoms with Crippen molar-refractivity contribution in [2.45, 2.75) is 32.3 Å². The Morgan fingerprint density at radius 2 is 1.92 bits per heavy atom. The van der Waals surface area contributed by atoms with E-state index in [2.05, 4.69) is 15.4 Å². The largest absolute Gasteiger partial charge is 0.435 e. The van der Waals surface area contributed by atoms with Crippen LogP contribution in [-0.4, -0.2) is 45.9 Å². The van der Waals surface area contributed by atoms with Crippen molar-refractivity contribution in [2.24, 2.45) is 5.41 Å². The Kier molecular flexibility index (Phi) is 9.83. The van der Waals surface area contributed by atoms with E-state index in [0.717, 1.165) is 31.5 Å². The molecule has 0 atom stereocenters. The topological polar surface area (TPSA) is 59.6 Å². The van der Waals surface area contributed by atoms with E-state index < -0.39 is 6.61 Å². The van der Waals surface area contributed by atoms with E-state index in [9.17, 15) is 13.6 Å². The van der Waals surface area contributed by atoms with Crippen LogP contribution in [0.5, 0.6) is 5.75 Å². The summed E-state index contributed by atoms with van der Waals surface area (Å²) in [6.45, 7) is 0.299. The van der Waals surface area contributed by atoms with Gasteiger partial charge in [0.1, 0.15) is 5.75 Å². The molecule has 0 unspecified atom stereocenters. The minimum atomic E-state index is -2.83. The number of aryl methyl sites for hydroxylation is 1. The Morgan fingerprint density at radius 3 is 2.50 bits per heavy atom. The lowest BCUT2D eigenvalue weighted by Crippen LogP contribution is -2.47. The lowest BCUT2D eigenvalue weighted by molar-refractivity contribution is -0.122. The lowest BCUT2D eigenvalue weighted by atomic mass is 9.79. The maximum absolute atomic E-state index is 12.1. The third kappa shape index (κ3) is 7.43. The number of hydrogen-bond acceptors (Lipinski definition) is 4. The highest BCUT2D eigenvalue weighted by molar-refractivity contribution is 5.85. The van der Waals surface area contributed by atoms with Gasteiger partial charge in [0.2, 0.25) is 5.91 Å². The Balaban J connectivity index is 0.00000338. The molecule has 26 heavy (non-hydrogen) atoms. The van der Waals surface area contributed by atoms with E-state index in [0.29, 0.717) is 26.0 Å². The number of amides is 1. The van der Waals surface area contributed by atoms with Crippen LogP contribution in [-0.2, 0) is 16.0 Å². The standard InChI is InChI=1S/C18H26F2N2O3.ClH/c1-24-13-18(8-10-21-11-9-18)12-22-16(23)7-4-14-2-5-15(6-3-14)25-17(19)20;/h2-3,5-6,17,21H,4,7-13H2,1H3,(H,22,23);1H. The van der Waals surface area contributed by atoms with Crippen LogP contribution in [0, 0.1) is 5.41 Å². The van der Waals surface area contributed by atoms with Crippen molar-refractivity contribution in [2.75, 3.05) is 33.4 Å². The van der Waals surface area contributed by atoms with Crippen LogP contribution in [0.3, 0.4) is 0 Å². The first-order valence-corrected chi connectivity index (χ1v) is 8.53. The number of carbonyl (C=O) groups is 1. The molecule has 0 radical (unpaired) electrons. The molecule has 2 N–H and O–H groups in total. The van der Waals surface area contributed by atoms with Crippen LogP contribution in [0.25, 0.3) is 0 Å². The molecule has 5 nitrogen and oxygen atoms in total. The predicted octanol–water partition coefficient (Wildman–Crippen LogP) is 2.77. The number of methoxy groups -OCH3 is 1. The third-order valence-corrected chi connectivity index (χ3v) is 4.56. The highest BCUT2D eigenvalue weighted by Gasteiger charge is 2.32. The van der Waals surface area contributed by atoms with Gasteiger partial charge in [-0.25, -0.2) is 0 Å². The number of carbonyl (C=O) groups excluding carboxylic acids is 1. The van der Waals surface area contributed by atoms with Gasteiger partial charge in [-0.15, -0.1) is 12.4 Å². The van der Waals surface area contributed by atoms with Gasteiger partial charge in [0.15, 0.2) is 0 Å². The van der Waals surface area contributed by atoms with Crippen LogP contribution in [0.15, 0.2) is 24.3 Å². The molecule has 0 spiro atoms. The van der Waals surface area contributed by atoms with Gasteiger partial charge in [0, 0.05) is 25.5 Å². The van der Waals surface area contributed by atoms with Crippen molar-refractivity contribution < 1.29 is 23.0 Å². The maximum Gasteiger partial charge on any atom is 0.387 e. The molecule has 2 rings (SSSR count). The molecule has 8 heteroatoms. The number of piperidine rings is 1. The van der Waals surface area contributed by atoms with Gasteiger partial charge in [-0.1, -0.05) is 12.1 Å². The lowest BCUT2D eigenvalue weighted by Gasteiger charge is -2.37. The Bertz CT molecular complexity index is 532. The molecule has 1 aliphatic rings. The van der Waals surface area contributed by atoms with Crippen LogP contribution >= 0.6 is 12.4 Å². The third-order valence-electron chi connectivity index (χ3n) is 4.56. The summed E-state index contributed by atoms with van der Waals surface area (Å²) in [5.74, 6) is 0.109. The quantitative estimate of drug-likeness (QED) is 0.678. The summed E-state index contributed by atoms with van der Waals surface area (Å²) in [4.78, 5) is 12.1. The zero-order chi connectivity index (χ0) is 18.1. The second-order valence-electron chi connectivity index (χ2n) is 6.48. The fourth-order valence-electron chi connectivity index (χ4n) is 3.11. The van der Waals surface area contributed by atoms with Crippen molar-refractivity contribution in [3.05, 3.63) is 29.8 Å². The first-order chi connectivity index (χ1) is 12.0. The van der Waals surface area contributed by atoms with Crippen molar-refractivity contribution in [1.82, 2.24) is 10.6 Å². The minimum absolute atomic E-state index is 0. The molecule has 1 amide bonds. The molecule has 0 bridgehead atoms. The molecule has 1 aromatic carbocycles. The van der Waals surface area contributed by atoms with E-state index in [4.69, 9.17) is 4.74 Å². The molecule has 0 aromatic heterocycles. The number of nitrogens with one attached hydrogen (secondary N) is 2.